The second-order valence-corrected chi connectivity index (χ2v) is 7.94. The van der Waals surface area contributed by atoms with E-state index >= 15 is 0 Å². The van der Waals surface area contributed by atoms with E-state index in [9.17, 15) is 14.7 Å². The number of carbonyl (C=O) groups excluding carboxylic acids is 2. The Bertz CT molecular complexity index is 614. The van der Waals surface area contributed by atoms with E-state index in [1.54, 1.807) is 17.3 Å². The molecule has 0 bridgehead atoms. The lowest BCUT2D eigenvalue weighted by Crippen LogP contribution is -2.36. The number of nitrogens with one attached hydrogen (secondary N) is 1. The number of rotatable bonds is 6. The van der Waals surface area contributed by atoms with Gasteiger partial charge in [0.05, 0.1) is 6.10 Å². The van der Waals surface area contributed by atoms with E-state index in [0.717, 1.165) is 24.8 Å². The molecule has 6 heteroatoms. The van der Waals surface area contributed by atoms with Crippen LogP contribution in [0.4, 0.5) is 0 Å². The molecule has 2 aliphatic rings. The van der Waals surface area contributed by atoms with Gasteiger partial charge >= 0.3 is 0 Å². The first kappa shape index (κ1) is 19.8. The quantitative estimate of drug-likeness (QED) is 0.748. The lowest BCUT2D eigenvalue weighted by Gasteiger charge is -2.18. The van der Waals surface area contributed by atoms with Crippen LogP contribution in [0, 0.1) is 5.92 Å². The van der Waals surface area contributed by atoms with E-state index in [2.05, 4.69) is 10.3 Å². The Morgan fingerprint density at radius 3 is 2.48 bits per heavy atom. The third kappa shape index (κ3) is 6.03. The van der Waals surface area contributed by atoms with Crippen molar-refractivity contribution >= 4 is 11.8 Å². The number of β-amino-alcohol motifs (C(OH)–C–C–N with tert-alkyl or cyclic N) is 1. The summed E-state index contributed by atoms with van der Waals surface area (Å²) in [5.41, 5.74) is 1.12. The van der Waals surface area contributed by atoms with E-state index in [1.165, 1.54) is 25.7 Å². The minimum atomic E-state index is -0.512. The number of amides is 2. The smallest absolute Gasteiger partial charge is 0.223 e. The van der Waals surface area contributed by atoms with Crippen LogP contribution in [0.3, 0.4) is 0 Å². The van der Waals surface area contributed by atoms with Crippen molar-refractivity contribution in [2.45, 2.75) is 69.9 Å². The summed E-state index contributed by atoms with van der Waals surface area (Å²) >= 11 is 0. The van der Waals surface area contributed by atoms with Crippen LogP contribution in [0.5, 0.6) is 0 Å². The zero-order valence-electron chi connectivity index (χ0n) is 16.0. The third-order valence-corrected chi connectivity index (χ3v) is 5.79. The summed E-state index contributed by atoms with van der Waals surface area (Å²) in [4.78, 5) is 30.3. The highest BCUT2D eigenvalue weighted by atomic mass is 16.3. The highest BCUT2D eigenvalue weighted by Crippen LogP contribution is 2.22. The van der Waals surface area contributed by atoms with Crippen LogP contribution >= 0.6 is 0 Å². The van der Waals surface area contributed by atoms with Gasteiger partial charge in [-0.05, 0) is 37.0 Å². The molecule has 2 fully saturated rings. The van der Waals surface area contributed by atoms with Gasteiger partial charge in [-0.25, -0.2) is 0 Å². The number of pyridine rings is 1. The highest BCUT2D eigenvalue weighted by molar-refractivity contribution is 5.84. The maximum absolute atomic E-state index is 12.5. The molecule has 1 aromatic rings. The van der Waals surface area contributed by atoms with Crippen LogP contribution in [0.15, 0.2) is 24.5 Å². The Kier molecular flexibility index (Phi) is 7.21. The minimum Gasteiger partial charge on any atom is -0.391 e. The Balaban J connectivity index is 1.41. The lowest BCUT2D eigenvalue weighted by molar-refractivity contribution is -0.133. The Morgan fingerprint density at radius 1 is 1.07 bits per heavy atom. The molecule has 1 saturated carbocycles. The van der Waals surface area contributed by atoms with E-state index in [1.807, 2.05) is 12.1 Å². The molecule has 2 heterocycles. The first-order valence-electron chi connectivity index (χ1n) is 10.3. The molecular weight excluding hydrogens is 342 g/mol. The fraction of sp³-hybridized carbons (Fsp3) is 0.667. The fourth-order valence-corrected chi connectivity index (χ4v) is 4.18. The summed E-state index contributed by atoms with van der Waals surface area (Å²) in [6, 6.07) is 4.15. The summed E-state index contributed by atoms with van der Waals surface area (Å²) in [7, 11) is 0. The molecule has 1 aliphatic heterocycles. The van der Waals surface area contributed by atoms with Gasteiger partial charge in [0.25, 0.3) is 0 Å². The molecule has 27 heavy (non-hydrogen) atoms. The topological polar surface area (TPSA) is 82.5 Å². The Morgan fingerprint density at radius 2 is 1.78 bits per heavy atom. The van der Waals surface area contributed by atoms with E-state index < -0.39 is 6.10 Å². The molecule has 3 rings (SSSR count). The number of carbonyl (C=O) groups is 2. The van der Waals surface area contributed by atoms with Crippen LogP contribution in [0.1, 0.15) is 56.9 Å². The predicted molar refractivity (Wildman–Crippen MR) is 103 cm³/mol. The maximum atomic E-state index is 12.5. The first-order valence-corrected chi connectivity index (χ1v) is 10.3. The number of nitrogens with zero attached hydrogens (tertiary/aromatic N) is 2. The molecule has 2 N–H and O–H groups in total. The van der Waals surface area contributed by atoms with Crippen molar-refractivity contribution in [2.24, 2.45) is 5.92 Å². The molecule has 0 unspecified atom stereocenters. The van der Waals surface area contributed by atoms with Crippen LogP contribution in [0.25, 0.3) is 0 Å². The van der Waals surface area contributed by atoms with Crippen molar-refractivity contribution in [3.8, 4) is 0 Å². The fourth-order valence-electron chi connectivity index (χ4n) is 4.18. The second-order valence-electron chi connectivity index (χ2n) is 7.94. The van der Waals surface area contributed by atoms with Crippen molar-refractivity contribution in [3.63, 3.8) is 0 Å². The van der Waals surface area contributed by atoms with Crippen molar-refractivity contribution in [3.05, 3.63) is 30.1 Å². The monoisotopic (exact) mass is 373 g/mol. The van der Waals surface area contributed by atoms with Crippen LogP contribution < -0.4 is 5.32 Å². The van der Waals surface area contributed by atoms with Gasteiger partial charge in [0.1, 0.15) is 0 Å². The summed E-state index contributed by atoms with van der Waals surface area (Å²) in [5.74, 6) is -0.0261. The van der Waals surface area contributed by atoms with Crippen molar-refractivity contribution < 1.29 is 14.7 Å². The number of hydrogen-bond acceptors (Lipinski definition) is 4. The summed E-state index contributed by atoms with van der Waals surface area (Å²) in [5, 5.41) is 13.4. The standard InChI is InChI=1S/C21H31N3O3/c25-19-15-24(14-17(19)13-16-9-11-22-12-10-16)21(27)8-7-20(26)23-18-5-3-1-2-4-6-18/h9-12,17-19,25H,1-8,13-15H2,(H,23,26)/t17-,19+/m1/s1. The third-order valence-electron chi connectivity index (χ3n) is 5.79. The summed E-state index contributed by atoms with van der Waals surface area (Å²) in [6.07, 6.45) is 11.1. The minimum absolute atomic E-state index is 0.0247. The Hall–Kier alpha value is -1.95. The van der Waals surface area contributed by atoms with Crippen molar-refractivity contribution in [2.75, 3.05) is 13.1 Å². The number of likely N-dealkylation sites (tertiary alicyclic amines) is 1. The second kappa shape index (κ2) is 9.83. The van der Waals surface area contributed by atoms with Gasteiger partial charge in [-0.3, -0.25) is 14.6 Å². The highest BCUT2D eigenvalue weighted by Gasteiger charge is 2.33. The molecule has 2 atom stereocenters. The average molecular weight is 373 g/mol. The molecule has 0 spiro atoms. The van der Waals surface area contributed by atoms with E-state index in [-0.39, 0.29) is 36.6 Å². The van der Waals surface area contributed by atoms with Crippen LogP contribution in [-0.4, -0.2) is 52.0 Å². The summed E-state index contributed by atoms with van der Waals surface area (Å²) in [6.45, 7) is 0.908. The zero-order chi connectivity index (χ0) is 19.1. The number of hydrogen-bond donors (Lipinski definition) is 2. The predicted octanol–water partition coefficient (Wildman–Crippen LogP) is 2.06. The van der Waals surface area contributed by atoms with E-state index in [4.69, 9.17) is 0 Å². The molecule has 0 aromatic carbocycles. The largest absolute Gasteiger partial charge is 0.391 e. The van der Waals surface area contributed by atoms with Crippen molar-refractivity contribution in [1.82, 2.24) is 15.2 Å². The molecule has 6 nitrogen and oxygen atoms in total. The van der Waals surface area contributed by atoms with E-state index in [0.29, 0.717) is 13.1 Å². The van der Waals surface area contributed by atoms with Gasteiger partial charge in [-0.1, -0.05) is 25.7 Å². The molecule has 1 aromatic heterocycles. The lowest BCUT2D eigenvalue weighted by atomic mass is 9.97. The Labute approximate surface area is 161 Å². The summed E-state index contributed by atoms with van der Waals surface area (Å²) < 4.78 is 0. The maximum Gasteiger partial charge on any atom is 0.223 e. The first-order chi connectivity index (χ1) is 13.1. The number of aliphatic hydroxyl groups excluding tert-OH is 1. The average Bonchev–Trinajstić information content (AvgIpc) is 2.86. The molecule has 0 radical (unpaired) electrons. The SMILES string of the molecule is O=C(CCC(=O)N1C[C@@H](Cc2ccncc2)[C@@H](O)C1)NC1CCCCCC1. The van der Waals surface area contributed by atoms with Gasteiger partial charge in [-0.2, -0.15) is 0 Å². The molecule has 1 saturated heterocycles. The molecular formula is C21H31N3O3. The van der Waals surface area contributed by atoms with Crippen LogP contribution in [0.2, 0.25) is 0 Å². The van der Waals surface area contributed by atoms with Crippen molar-refractivity contribution in [1.29, 1.82) is 0 Å². The molecule has 148 valence electrons. The normalized spacial score (nSPS) is 23.8. The van der Waals surface area contributed by atoms with Crippen LogP contribution in [-0.2, 0) is 16.0 Å². The van der Waals surface area contributed by atoms with Gasteiger partial charge in [-0.15, -0.1) is 0 Å². The number of aliphatic hydroxyl groups is 1. The van der Waals surface area contributed by atoms with Gasteiger partial charge in [0.2, 0.25) is 11.8 Å². The molecule has 1 aliphatic carbocycles. The van der Waals surface area contributed by atoms with Gasteiger partial charge in [0.15, 0.2) is 0 Å². The zero-order valence-corrected chi connectivity index (χ0v) is 16.0. The van der Waals surface area contributed by atoms with Gasteiger partial charge < -0.3 is 15.3 Å². The number of aromatic nitrogens is 1. The van der Waals surface area contributed by atoms with Gasteiger partial charge in [0, 0.05) is 50.3 Å². The molecule has 2 amide bonds.